The Morgan fingerprint density at radius 3 is 2.66 bits per heavy atom. The van der Waals surface area contributed by atoms with Crippen molar-refractivity contribution in [3.63, 3.8) is 0 Å². The molecule has 1 aromatic rings. The molecule has 0 saturated heterocycles. The van der Waals surface area contributed by atoms with E-state index in [0.717, 1.165) is 32.1 Å². The molecule has 3 rings (SSSR count). The number of para-hydroxylation sites is 1. The molecule has 1 saturated carbocycles. The van der Waals surface area contributed by atoms with E-state index in [2.05, 4.69) is 5.32 Å². The van der Waals surface area contributed by atoms with Crippen molar-refractivity contribution in [1.82, 2.24) is 5.32 Å². The molecule has 2 unspecified atom stereocenters. The summed E-state index contributed by atoms with van der Waals surface area (Å²) in [7, 11) is -1.28. The third kappa shape index (κ3) is 5.29. The van der Waals surface area contributed by atoms with Crippen molar-refractivity contribution in [2.24, 2.45) is 23.3 Å². The Hall–Kier alpha value is -2.10. The SMILES string of the molecule is NCCC(N)C1CCC(CC(=O)NC2Cc3cccc(C(=O)O)c3OB2O)CC1. The molecule has 1 aromatic carbocycles. The summed E-state index contributed by atoms with van der Waals surface area (Å²) >= 11 is 0. The van der Waals surface area contributed by atoms with Crippen molar-refractivity contribution in [3.05, 3.63) is 29.3 Å². The number of amides is 1. The lowest BCUT2D eigenvalue weighted by atomic mass is 9.72. The van der Waals surface area contributed by atoms with Crippen LogP contribution in [0, 0.1) is 11.8 Å². The van der Waals surface area contributed by atoms with E-state index in [9.17, 15) is 19.7 Å². The normalized spacial score (nSPS) is 24.9. The number of fused-ring (bicyclic) bond motifs is 1. The van der Waals surface area contributed by atoms with Gasteiger partial charge in [0.1, 0.15) is 5.75 Å². The fraction of sp³-hybridized carbons (Fsp3) is 0.600. The molecule has 1 fully saturated rings. The smallest absolute Gasteiger partial charge is 0.534 e. The van der Waals surface area contributed by atoms with Crippen LogP contribution in [0.3, 0.4) is 0 Å². The summed E-state index contributed by atoms with van der Waals surface area (Å²) in [5.74, 6) is -0.878. The second kappa shape index (κ2) is 9.60. The average Bonchev–Trinajstić information content (AvgIpc) is 2.68. The number of carboxylic acid groups (broad SMARTS) is 1. The number of carbonyl (C=O) groups excluding carboxylic acids is 1. The van der Waals surface area contributed by atoms with Crippen LogP contribution in [0.5, 0.6) is 5.75 Å². The van der Waals surface area contributed by atoms with E-state index in [0.29, 0.717) is 36.8 Å². The largest absolute Gasteiger partial charge is 0.547 e. The van der Waals surface area contributed by atoms with Crippen molar-refractivity contribution in [2.75, 3.05) is 6.54 Å². The highest BCUT2D eigenvalue weighted by Crippen LogP contribution is 2.33. The van der Waals surface area contributed by atoms with E-state index in [4.69, 9.17) is 16.1 Å². The predicted molar refractivity (Wildman–Crippen MR) is 109 cm³/mol. The van der Waals surface area contributed by atoms with Gasteiger partial charge in [0.15, 0.2) is 0 Å². The molecule has 1 heterocycles. The lowest BCUT2D eigenvalue weighted by molar-refractivity contribution is -0.122. The first-order chi connectivity index (χ1) is 13.9. The van der Waals surface area contributed by atoms with E-state index >= 15 is 0 Å². The third-order valence-corrected chi connectivity index (χ3v) is 6.17. The summed E-state index contributed by atoms with van der Waals surface area (Å²) < 4.78 is 5.43. The lowest BCUT2D eigenvalue weighted by Crippen LogP contribution is -2.53. The van der Waals surface area contributed by atoms with Crippen molar-refractivity contribution >= 4 is 19.0 Å². The molecule has 158 valence electrons. The van der Waals surface area contributed by atoms with Gasteiger partial charge in [0.2, 0.25) is 5.91 Å². The number of carbonyl (C=O) groups is 2. The van der Waals surface area contributed by atoms with Gasteiger partial charge >= 0.3 is 13.1 Å². The van der Waals surface area contributed by atoms with Crippen molar-refractivity contribution in [2.45, 2.75) is 56.9 Å². The monoisotopic (exact) mass is 403 g/mol. The van der Waals surface area contributed by atoms with Crippen LogP contribution in [0.25, 0.3) is 0 Å². The van der Waals surface area contributed by atoms with Gasteiger partial charge < -0.3 is 31.6 Å². The van der Waals surface area contributed by atoms with Gasteiger partial charge in [-0.3, -0.25) is 4.79 Å². The Morgan fingerprint density at radius 1 is 1.28 bits per heavy atom. The lowest BCUT2D eigenvalue weighted by Gasteiger charge is -2.32. The number of hydrogen-bond donors (Lipinski definition) is 5. The molecule has 29 heavy (non-hydrogen) atoms. The zero-order valence-electron chi connectivity index (χ0n) is 16.5. The van der Waals surface area contributed by atoms with E-state index in [1.807, 2.05) is 0 Å². The summed E-state index contributed by atoms with van der Waals surface area (Å²) in [5, 5.41) is 22.4. The number of carboxylic acids is 1. The minimum Gasteiger partial charge on any atom is -0.534 e. The second-order valence-electron chi connectivity index (χ2n) is 8.21. The molecule has 0 aromatic heterocycles. The van der Waals surface area contributed by atoms with Crippen LogP contribution in [-0.4, -0.2) is 47.7 Å². The molecule has 8 nitrogen and oxygen atoms in total. The zero-order valence-corrected chi connectivity index (χ0v) is 16.5. The number of hydrogen-bond acceptors (Lipinski definition) is 6. The number of nitrogens with two attached hydrogens (primary N) is 2. The van der Waals surface area contributed by atoms with E-state index in [1.165, 1.54) is 6.07 Å². The number of benzene rings is 1. The van der Waals surface area contributed by atoms with Gasteiger partial charge in [-0.25, -0.2) is 4.79 Å². The van der Waals surface area contributed by atoms with Gasteiger partial charge in [-0.1, -0.05) is 12.1 Å². The Labute approximate surface area is 171 Å². The molecule has 1 aliphatic carbocycles. The Morgan fingerprint density at radius 2 is 2.00 bits per heavy atom. The highest BCUT2D eigenvalue weighted by Gasteiger charge is 2.38. The highest BCUT2D eigenvalue weighted by atomic mass is 16.5. The van der Waals surface area contributed by atoms with Crippen LogP contribution < -0.4 is 21.4 Å². The fourth-order valence-corrected chi connectivity index (χ4v) is 4.49. The molecule has 1 aliphatic heterocycles. The van der Waals surface area contributed by atoms with Gasteiger partial charge in [-0.05, 0) is 68.5 Å². The maximum absolute atomic E-state index is 12.5. The first-order valence-electron chi connectivity index (χ1n) is 10.3. The fourth-order valence-electron chi connectivity index (χ4n) is 4.49. The maximum atomic E-state index is 12.5. The van der Waals surface area contributed by atoms with Gasteiger partial charge in [0.05, 0.1) is 11.5 Å². The van der Waals surface area contributed by atoms with Crippen LogP contribution in [-0.2, 0) is 11.2 Å². The van der Waals surface area contributed by atoms with Crippen LogP contribution >= 0.6 is 0 Å². The van der Waals surface area contributed by atoms with E-state index in [-0.39, 0.29) is 23.3 Å². The van der Waals surface area contributed by atoms with Crippen LogP contribution in [0.4, 0.5) is 0 Å². The molecule has 0 spiro atoms. The van der Waals surface area contributed by atoms with Gasteiger partial charge in [-0.2, -0.15) is 0 Å². The minimum absolute atomic E-state index is 0.0101. The molecule has 9 heteroatoms. The summed E-state index contributed by atoms with van der Waals surface area (Å²) in [6.07, 6.45) is 5.52. The zero-order chi connectivity index (χ0) is 21.0. The average molecular weight is 403 g/mol. The number of rotatable bonds is 7. The topological polar surface area (TPSA) is 148 Å². The molecule has 2 atom stereocenters. The summed E-state index contributed by atoms with van der Waals surface area (Å²) in [6.45, 7) is 0.604. The van der Waals surface area contributed by atoms with Gasteiger partial charge in [0, 0.05) is 12.5 Å². The third-order valence-electron chi connectivity index (χ3n) is 6.17. The second-order valence-corrected chi connectivity index (χ2v) is 8.21. The van der Waals surface area contributed by atoms with E-state index < -0.39 is 19.0 Å². The molecule has 0 bridgehead atoms. The van der Waals surface area contributed by atoms with Crippen LogP contribution in [0.15, 0.2) is 18.2 Å². The number of aromatic carboxylic acids is 1. The van der Waals surface area contributed by atoms with Crippen LogP contribution in [0.1, 0.15) is 54.4 Å². The summed E-state index contributed by atoms with van der Waals surface area (Å²) in [6, 6.07) is 4.96. The Kier molecular flexibility index (Phi) is 7.16. The first kappa shape index (κ1) is 21.6. The Bertz CT molecular complexity index is 739. The maximum Gasteiger partial charge on any atom is 0.547 e. The molecule has 1 amide bonds. The van der Waals surface area contributed by atoms with Gasteiger partial charge in [0.25, 0.3) is 0 Å². The quantitative estimate of drug-likeness (QED) is 0.421. The highest BCUT2D eigenvalue weighted by molar-refractivity contribution is 6.47. The molecule has 7 N–H and O–H groups in total. The minimum atomic E-state index is -1.28. The summed E-state index contributed by atoms with van der Waals surface area (Å²) in [4.78, 5) is 23.8. The van der Waals surface area contributed by atoms with Crippen molar-refractivity contribution < 1.29 is 24.4 Å². The van der Waals surface area contributed by atoms with E-state index in [1.54, 1.807) is 12.1 Å². The predicted octanol–water partition coefficient (Wildman–Crippen LogP) is 0.697. The molecule has 2 aliphatic rings. The van der Waals surface area contributed by atoms with Crippen molar-refractivity contribution in [1.29, 1.82) is 0 Å². The molecular weight excluding hydrogens is 373 g/mol. The Balaban J connectivity index is 1.52. The molecular formula is C20H30BN3O5. The first-order valence-corrected chi connectivity index (χ1v) is 10.3. The van der Waals surface area contributed by atoms with Crippen molar-refractivity contribution in [3.8, 4) is 5.75 Å². The molecule has 0 radical (unpaired) electrons. The van der Waals surface area contributed by atoms with Gasteiger partial charge in [-0.15, -0.1) is 0 Å². The number of nitrogens with one attached hydrogen (secondary N) is 1. The summed E-state index contributed by atoms with van der Waals surface area (Å²) in [5.41, 5.74) is 12.4. The van der Waals surface area contributed by atoms with Crippen LogP contribution in [0.2, 0.25) is 0 Å². The standard InChI is InChI=1S/C20H30BN3O5/c22-9-8-16(23)13-6-4-12(5-7-13)10-18(25)24-17-11-14-2-1-3-15(20(26)27)19(14)29-21(17)28/h1-3,12-13,16-17,28H,4-11,22-23H2,(H,24,25)(H,26,27).